The fraction of sp³-hybridized carbons (Fsp3) is 0.333. The summed E-state index contributed by atoms with van der Waals surface area (Å²) in [5.74, 6) is 0.582. The summed E-state index contributed by atoms with van der Waals surface area (Å²) in [7, 11) is 0. The quantitative estimate of drug-likeness (QED) is 0.262. The SMILES string of the molecule is O=C1c2ccccc2C(=O)N1CCCCSc1ncnc2sc3c(c12)CCC3. The summed E-state index contributed by atoms with van der Waals surface area (Å²) < 4.78 is 0. The summed E-state index contributed by atoms with van der Waals surface area (Å²) >= 11 is 3.57. The van der Waals surface area contributed by atoms with Crippen molar-refractivity contribution < 1.29 is 9.59 Å². The van der Waals surface area contributed by atoms with Gasteiger partial charge in [0.15, 0.2) is 0 Å². The molecule has 0 saturated heterocycles. The van der Waals surface area contributed by atoms with E-state index in [4.69, 9.17) is 0 Å². The summed E-state index contributed by atoms with van der Waals surface area (Å²) in [5, 5.41) is 2.33. The van der Waals surface area contributed by atoms with Gasteiger partial charge in [0.1, 0.15) is 16.2 Å². The van der Waals surface area contributed by atoms with Crippen molar-refractivity contribution in [2.75, 3.05) is 12.3 Å². The van der Waals surface area contributed by atoms with Gasteiger partial charge < -0.3 is 0 Å². The largest absolute Gasteiger partial charge is 0.274 e. The van der Waals surface area contributed by atoms with Crippen LogP contribution in [0.15, 0.2) is 35.6 Å². The van der Waals surface area contributed by atoms with E-state index in [1.54, 1.807) is 42.4 Å². The van der Waals surface area contributed by atoms with Crippen LogP contribution in [-0.2, 0) is 12.8 Å². The second-order valence-corrected chi connectivity index (χ2v) is 9.25. The van der Waals surface area contributed by atoms with Gasteiger partial charge in [-0.05, 0) is 55.6 Å². The molecule has 3 aromatic rings. The Balaban J connectivity index is 1.19. The number of imide groups is 1. The zero-order valence-corrected chi connectivity index (χ0v) is 16.9. The third-order valence-electron chi connectivity index (χ3n) is 5.36. The van der Waals surface area contributed by atoms with E-state index < -0.39 is 0 Å². The molecule has 1 aliphatic heterocycles. The lowest BCUT2D eigenvalue weighted by Gasteiger charge is -2.13. The highest BCUT2D eigenvalue weighted by Crippen LogP contribution is 2.40. The van der Waals surface area contributed by atoms with Gasteiger partial charge in [-0.2, -0.15) is 0 Å². The van der Waals surface area contributed by atoms with Crippen molar-refractivity contribution >= 4 is 45.1 Å². The molecule has 1 aliphatic carbocycles. The Morgan fingerprint density at radius 3 is 2.61 bits per heavy atom. The number of nitrogens with zero attached hydrogens (tertiary/aromatic N) is 3. The number of fused-ring (bicyclic) bond motifs is 4. The van der Waals surface area contributed by atoms with Crippen LogP contribution in [0.1, 0.15) is 50.4 Å². The van der Waals surface area contributed by atoms with Crippen molar-refractivity contribution in [1.82, 2.24) is 14.9 Å². The molecule has 5 nitrogen and oxygen atoms in total. The Labute approximate surface area is 171 Å². The molecule has 0 saturated carbocycles. The molecule has 7 heteroatoms. The molecule has 0 bridgehead atoms. The molecular formula is C21H19N3O2S2. The predicted octanol–water partition coefficient (Wildman–Crippen LogP) is 4.35. The zero-order chi connectivity index (χ0) is 19.1. The van der Waals surface area contributed by atoms with Crippen LogP contribution in [-0.4, -0.2) is 39.0 Å². The third kappa shape index (κ3) is 2.93. The summed E-state index contributed by atoms with van der Waals surface area (Å²) in [5.41, 5.74) is 2.50. The van der Waals surface area contributed by atoms with Gasteiger partial charge in [-0.15, -0.1) is 23.1 Å². The minimum Gasteiger partial charge on any atom is -0.274 e. The Hall–Kier alpha value is -2.25. The number of amides is 2. The highest BCUT2D eigenvalue weighted by atomic mass is 32.2. The minimum atomic E-state index is -0.167. The molecule has 0 fully saturated rings. The van der Waals surface area contributed by atoms with Crippen molar-refractivity contribution in [3.8, 4) is 0 Å². The molecule has 1 aromatic carbocycles. The fourth-order valence-corrected chi connectivity index (χ4v) is 6.31. The van der Waals surface area contributed by atoms with Crippen molar-refractivity contribution in [3.05, 3.63) is 52.2 Å². The molecule has 0 N–H and O–H groups in total. The van der Waals surface area contributed by atoms with Gasteiger partial charge in [0, 0.05) is 16.8 Å². The van der Waals surface area contributed by atoms with E-state index in [0.717, 1.165) is 34.9 Å². The van der Waals surface area contributed by atoms with E-state index in [9.17, 15) is 9.59 Å². The van der Waals surface area contributed by atoms with Crippen LogP contribution < -0.4 is 0 Å². The second-order valence-electron chi connectivity index (χ2n) is 7.08. The first-order valence-corrected chi connectivity index (χ1v) is 11.4. The van der Waals surface area contributed by atoms with Crippen LogP contribution in [0.25, 0.3) is 10.2 Å². The van der Waals surface area contributed by atoms with E-state index in [-0.39, 0.29) is 11.8 Å². The molecule has 0 spiro atoms. The highest BCUT2D eigenvalue weighted by Gasteiger charge is 2.34. The zero-order valence-electron chi connectivity index (χ0n) is 15.3. The number of rotatable bonds is 6. The molecule has 2 aromatic heterocycles. The van der Waals surface area contributed by atoms with Gasteiger partial charge in [-0.1, -0.05) is 12.1 Å². The van der Waals surface area contributed by atoms with E-state index in [1.165, 1.54) is 33.6 Å². The van der Waals surface area contributed by atoms with Crippen LogP contribution >= 0.6 is 23.1 Å². The number of aromatic nitrogens is 2. The number of thioether (sulfide) groups is 1. The number of hydrogen-bond acceptors (Lipinski definition) is 6. The first kappa shape index (κ1) is 17.8. The molecular weight excluding hydrogens is 390 g/mol. The third-order valence-corrected chi connectivity index (χ3v) is 7.64. The van der Waals surface area contributed by atoms with Gasteiger partial charge in [-0.3, -0.25) is 14.5 Å². The van der Waals surface area contributed by atoms with E-state index in [0.29, 0.717) is 17.7 Å². The van der Waals surface area contributed by atoms with Gasteiger partial charge >= 0.3 is 0 Å². The molecule has 0 atom stereocenters. The van der Waals surface area contributed by atoms with Crippen molar-refractivity contribution in [2.24, 2.45) is 0 Å². The molecule has 2 aliphatic rings. The molecule has 3 heterocycles. The maximum absolute atomic E-state index is 12.4. The van der Waals surface area contributed by atoms with Gasteiger partial charge in [-0.25, -0.2) is 9.97 Å². The van der Waals surface area contributed by atoms with Gasteiger partial charge in [0.2, 0.25) is 0 Å². The van der Waals surface area contributed by atoms with E-state index in [2.05, 4.69) is 9.97 Å². The van der Waals surface area contributed by atoms with Crippen LogP contribution in [0.3, 0.4) is 0 Å². The molecule has 142 valence electrons. The summed E-state index contributed by atoms with van der Waals surface area (Å²) in [6.07, 6.45) is 6.92. The molecule has 0 unspecified atom stereocenters. The monoisotopic (exact) mass is 409 g/mol. The van der Waals surface area contributed by atoms with Gasteiger partial charge in [0.05, 0.1) is 11.1 Å². The minimum absolute atomic E-state index is 0.167. The standard InChI is InChI=1S/C21H19N3O2S2/c25-20-13-6-1-2-7-14(13)21(26)24(20)10-3-4-11-27-18-17-15-8-5-9-16(15)28-19(17)23-12-22-18/h1-2,6-7,12H,3-5,8-11H2. The summed E-state index contributed by atoms with van der Waals surface area (Å²) in [4.78, 5) is 37.7. The first-order valence-electron chi connectivity index (χ1n) is 9.57. The average molecular weight is 410 g/mol. The fourth-order valence-electron chi connectivity index (χ4n) is 3.99. The maximum atomic E-state index is 12.4. The first-order chi connectivity index (χ1) is 13.7. The van der Waals surface area contributed by atoms with Crippen molar-refractivity contribution in [2.45, 2.75) is 37.1 Å². The lowest BCUT2D eigenvalue weighted by Crippen LogP contribution is -2.30. The molecule has 0 radical (unpaired) electrons. The lowest BCUT2D eigenvalue weighted by atomic mass is 10.1. The topological polar surface area (TPSA) is 63.2 Å². The number of unbranched alkanes of at least 4 members (excludes halogenated alkanes) is 1. The molecule has 28 heavy (non-hydrogen) atoms. The number of carbonyl (C=O) groups is 2. The maximum Gasteiger partial charge on any atom is 0.261 e. The number of aryl methyl sites for hydroxylation is 2. The molecule has 5 rings (SSSR count). The molecule has 2 amide bonds. The lowest BCUT2D eigenvalue weighted by molar-refractivity contribution is 0.0652. The Kier molecular flexibility index (Phi) is 4.64. The summed E-state index contributed by atoms with van der Waals surface area (Å²) in [6.45, 7) is 0.472. The van der Waals surface area contributed by atoms with Crippen LogP contribution in [0, 0.1) is 0 Å². The number of carbonyl (C=O) groups excluding carboxylic acids is 2. The number of hydrogen-bond donors (Lipinski definition) is 0. The van der Waals surface area contributed by atoms with Crippen LogP contribution in [0.5, 0.6) is 0 Å². The average Bonchev–Trinajstić information content (AvgIpc) is 3.36. The summed E-state index contributed by atoms with van der Waals surface area (Å²) in [6, 6.07) is 7.05. The van der Waals surface area contributed by atoms with E-state index >= 15 is 0 Å². The highest BCUT2D eigenvalue weighted by molar-refractivity contribution is 7.99. The van der Waals surface area contributed by atoms with Crippen molar-refractivity contribution in [1.29, 1.82) is 0 Å². The normalized spacial score (nSPS) is 15.5. The number of benzene rings is 1. The Morgan fingerprint density at radius 2 is 1.82 bits per heavy atom. The van der Waals surface area contributed by atoms with Gasteiger partial charge in [0.25, 0.3) is 11.8 Å². The smallest absolute Gasteiger partial charge is 0.261 e. The van der Waals surface area contributed by atoms with Crippen molar-refractivity contribution in [3.63, 3.8) is 0 Å². The van der Waals surface area contributed by atoms with E-state index in [1.807, 2.05) is 11.3 Å². The number of thiophene rings is 1. The van der Waals surface area contributed by atoms with Crippen LogP contribution in [0.4, 0.5) is 0 Å². The van der Waals surface area contributed by atoms with Crippen LogP contribution in [0.2, 0.25) is 0 Å². The Morgan fingerprint density at radius 1 is 1.04 bits per heavy atom. The predicted molar refractivity (Wildman–Crippen MR) is 111 cm³/mol. The Bertz CT molecular complexity index is 1060. The second kappa shape index (κ2) is 7.29.